The van der Waals surface area contributed by atoms with Crippen LogP contribution < -0.4 is 10.1 Å². The molecule has 2 aliphatic rings. The minimum Gasteiger partial charge on any atom is -0.491 e. The van der Waals surface area contributed by atoms with Crippen LogP contribution in [0.5, 0.6) is 5.75 Å². The molecule has 4 nitrogen and oxygen atoms in total. The van der Waals surface area contributed by atoms with Crippen molar-refractivity contribution in [2.24, 2.45) is 11.8 Å². The Kier molecular flexibility index (Phi) is 4.36. The minimum absolute atomic E-state index is 0.126. The third-order valence-electron chi connectivity index (χ3n) is 5.45. The maximum absolute atomic E-state index is 14.6. The molecule has 136 valence electrons. The van der Waals surface area contributed by atoms with Crippen LogP contribution in [0.2, 0.25) is 0 Å². The van der Waals surface area contributed by atoms with E-state index in [1.54, 1.807) is 4.90 Å². The van der Waals surface area contributed by atoms with Crippen molar-refractivity contribution in [2.45, 2.75) is 6.04 Å². The number of likely N-dealkylation sites (tertiary alicyclic amines) is 1. The van der Waals surface area contributed by atoms with Crippen LogP contribution >= 0.6 is 0 Å². The summed E-state index contributed by atoms with van der Waals surface area (Å²) in [7, 11) is 1.19. The third kappa shape index (κ3) is 2.65. The number of nitrogens with zero attached hydrogens (tertiary/aromatic N) is 1. The van der Waals surface area contributed by atoms with Crippen molar-refractivity contribution < 1.29 is 18.3 Å². The summed E-state index contributed by atoms with van der Waals surface area (Å²) in [6.07, 6.45) is 0. The van der Waals surface area contributed by atoms with E-state index in [9.17, 15) is 13.6 Å². The van der Waals surface area contributed by atoms with Crippen LogP contribution in [0.3, 0.4) is 0 Å². The zero-order valence-corrected chi connectivity index (χ0v) is 14.4. The smallest absolute Gasteiger partial charge is 0.257 e. The molecule has 2 aromatic rings. The highest BCUT2D eigenvalue weighted by Gasteiger charge is 2.47. The third-order valence-corrected chi connectivity index (χ3v) is 5.45. The second-order valence-corrected chi connectivity index (χ2v) is 6.84. The average molecular weight is 358 g/mol. The number of methoxy groups -OCH3 is 1. The minimum atomic E-state index is -0.945. The van der Waals surface area contributed by atoms with Crippen molar-refractivity contribution in [2.75, 3.05) is 26.7 Å². The number of fused-ring (bicyclic) bond motifs is 1. The summed E-state index contributed by atoms with van der Waals surface area (Å²) in [5.41, 5.74) is 0.878. The van der Waals surface area contributed by atoms with E-state index >= 15 is 0 Å². The lowest BCUT2D eigenvalue weighted by Gasteiger charge is -2.28. The van der Waals surface area contributed by atoms with Gasteiger partial charge in [0.15, 0.2) is 17.4 Å². The van der Waals surface area contributed by atoms with Crippen LogP contribution in [-0.2, 0) is 0 Å². The molecule has 6 heteroatoms. The molecule has 0 unspecified atom stereocenters. The maximum atomic E-state index is 14.6. The summed E-state index contributed by atoms with van der Waals surface area (Å²) >= 11 is 0. The lowest BCUT2D eigenvalue weighted by molar-refractivity contribution is 0.0708. The number of ether oxygens (including phenoxy) is 1. The maximum Gasteiger partial charge on any atom is 0.257 e. The number of halogens is 2. The molecule has 2 fully saturated rings. The molecule has 2 heterocycles. The zero-order chi connectivity index (χ0) is 18.3. The molecule has 0 bridgehead atoms. The van der Waals surface area contributed by atoms with Crippen LogP contribution in [0.4, 0.5) is 8.78 Å². The molecular formula is C20H20F2N2O2. The van der Waals surface area contributed by atoms with Gasteiger partial charge >= 0.3 is 0 Å². The summed E-state index contributed by atoms with van der Waals surface area (Å²) < 4.78 is 33.1. The number of carbonyl (C=O) groups excluding carboxylic acids is 1. The van der Waals surface area contributed by atoms with E-state index in [2.05, 4.69) is 5.32 Å². The van der Waals surface area contributed by atoms with E-state index in [0.29, 0.717) is 12.5 Å². The largest absolute Gasteiger partial charge is 0.491 e. The van der Waals surface area contributed by atoms with Crippen LogP contribution in [0.15, 0.2) is 42.5 Å². The van der Waals surface area contributed by atoms with Gasteiger partial charge in [-0.25, -0.2) is 8.78 Å². The van der Waals surface area contributed by atoms with Gasteiger partial charge in [0, 0.05) is 25.6 Å². The number of rotatable bonds is 3. The van der Waals surface area contributed by atoms with Crippen LogP contribution in [0.1, 0.15) is 22.0 Å². The first-order valence-corrected chi connectivity index (χ1v) is 8.70. The van der Waals surface area contributed by atoms with Crippen molar-refractivity contribution in [3.8, 4) is 5.75 Å². The second kappa shape index (κ2) is 6.68. The standard InChI is InChI=1S/C20H20F2N2O2/c1-26-19-16(21)8-7-14(17(19)22)20(25)24-11-13-9-23-10-15(13)18(24)12-5-3-2-4-6-12/h2-8,13,15,18,23H,9-11H2,1H3/t13-,15-,18-/m0/s1. The Labute approximate surface area is 150 Å². The Morgan fingerprint density at radius 3 is 2.65 bits per heavy atom. The first kappa shape index (κ1) is 17.0. The Morgan fingerprint density at radius 2 is 1.92 bits per heavy atom. The van der Waals surface area contributed by atoms with Gasteiger partial charge in [-0.3, -0.25) is 4.79 Å². The fraction of sp³-hybridized carbons (Fsp3) is 0.350. The molecule has 3 atom stereocenters. The Hall–Kier alpha value is -2.47. The molecular weight excluding hydrogens is 338 g/mol. The molecule has 2 saturated heterocycles. The number of hydrogen-bond acceptors (Lipinski definition) is 3. The van der Waals surface area contributed by atoms with Gasteiger partial charge < -0.3 is 15.0 Å². The monoisotopic (exact) mass is 358 g/mol. The summed E-state index contributed by atoms with van der Waals surface area (Å²) in [6, 6.07) is 11.9. The molecule has 0 aliphatic carbocycles. The first-order chi connectivity index (χ1) is 12.6. The van der Waals surface area contributed by atoms with Gasteiger partial charge in [-0.1, -0.05) is 30.3 Å². The van der Waals surface area contributed by atoms with Gasteiger partial charge in [-0.15, -0.1) is 0 Å². The van der Waals surface area contributed by atoms with Crippen molar-refractivity contribution in [3.63, 3.8) is 0 Å². The molecule has 0 saturated carbocycles. The van der Waals surface area contributed by atoms with Crippen LogP contribution in [-0.4, -0.2) is 37.6 Å². The Balaban J connectivity index is 1.73. The van der Waals surface area contributed by atoms with Crippen molar-refractivity contribution >= 4 is 5.91 Å². The van der Waals surface area contributed by atoms with Gasteiger partial charge in [0.1, 0.15) is 0 Å². The SMILES string of the molecule is COc1c(F)ccc(C(=O)N2C[C@@H]3CNC[C@@H]3[C@@H]2c2ccccc2)c1F. The van der Waals surface area contributed by atoms with E-state index < -0.39 is 23.3 Å². The van der Waals surface area contributed by atoms with Crippen molar-refractivity contribution in [1.29, 1.82) is 0 Å². The first-order valence-electron chi connectivity index (χ1n) is 8.70. The van der Waals surface area contributed by atoms with E-state index in [4.69, 9.17) is 4.74 Å². The molecule has 0 aromatic heterocycles. The quantitative estimate of drug-likeness (QED) is 0.917. The van der Waals surface area contributed by atoms with Crippen molar-refractivity contribution in [1.82, 2.24) is 10.2 Å². The molecule has 2 aromatic carbocycles. The molecule has 0 radical (unpaired) electrons. The summed E-state index contributed by atoms with van der Waals surface area (Å²) in [4.78, 5) is 14.9. The van der Waals surface area contributed by atoms with Crippen molar-refractivity contribution in [3.05, 3.63) is 65.2 Å². The summed E-state index contributed by atoms with van der Waals surface area (Å²) in [5.74, 6) is -2.10. The van der Waals surface area contributed by atoms with Gasteiger partial charge in [0.2, 0.25) is 0 Å². The zero-order valence-electron chi connectivity index (χ0n) is 14.4. The highest BCUT2D eigenvalue weighted by Crippen LogP contribution is 2.43. The molecule has 1 N–H and O–H groups in total. The van der Waals surface area contributed by atoms with Gasteiger partial charge in [-0.05, 0) is 23.6 Å². The predicted octanol–water partition coefficient (Wildman–Crippen LogP) is 3.01. The topological polar surface area (TPSA) is 41.6 Å². The summed E-state index contributed by atoms with van der Waals surface area (Å²) in [5, 5.41) is 3.38. The van der Waals surface area contributed by atoms with Crippen LogP contribution in [0, 0.1) is 23.5 Å². The lowest BCUT2D eigenvalue weighted by atomic mass is 9.89. The molecule has 26 heavy (non-hydrogen) atoms. The number of amides is 1. The highest BCUT2D eigenvalue weighted by atomic mass is 19.1. The normalized spacial score (nSPS) is 24.6. The fourth-order valence-electron chi connectivity index (χ4n) is 4.25. The Bertz CT molecular complexity index is 828. The molecule has 4 rings (SSSR count). The Morgan fingerprint density at radius 1 is 1.15 bits per heavy atom. The number of carbonyl (C=O) groups is 1. The number of hydrogen-bond donors (Lipinski definition) is 1. The van der Waals surface area contributed by atoms with Crippen LogP contribution in [0.25, 0.3) is 0 Å². The van der Waals surface area contributed by atoms with E-state index in [0.717, 1.165) is 24.7 Å². The van der Waals surface area contributed by atoms with E-state index in [-0.39, 0.29) is 17.5 Å². The summed E-state index contributed by atoms with van der Waals surface area (Å²) in [6.45, 7) is 2.21. The average Bonchev–Trinajstić information content (AvgIpc) is 3.23. The molecule has 0 spiro atoms. The predicted molar refractivity (Wildman–Crippen MR) is 93.0 cm³/mol. The van der Waals surface area contributed by atoms with Gasteiger partial charge in [-0.2, -0.15) is 0 Å². The highest BCUT2D eigenvalue weighted by molar-refractivity contribution is 5.95. The van der Waals surface area contributed by atoms with E-state index in [1.165, 1.54) is 13.2 Å². The van der Waals surface area contributed by atoms with E-state index in [1.807, 2.05) is 30.3 Å². The lowest BCUT2D eigenvalue weighted by Crippen LogP contribution is -2.35. The van der Waals surface area contributed by atoms with Gasteiger partial charge in [0.25, 0.3) is 5.91 Å². The van der Waals surface area contributed by atoms with Gasteiger partial charge in [0.05, 0.1) is 18.7 Å². The second-order valence-electron chi connectivity index (χ2n) is 6.84. The number of benzene rings is 2. The fourth-order valence-corrected chi connectivity index (χ4v) is 4.25. The molecule has 1 amide bonds. The number of nitrogens with one attached hydrogen (secondary N) is 1. The molecule has 2 aliphatic heterocycles.